The predicted molar refractivity (Wildman–Crippen MR) is 130 cm³/mol. The van der Waals surface area contributed by atoms with Gasteiger partial charge in [-0.1, -0.05) is 35.2 Å². The third-order valence-electron chi connectivity index (χ3n) is 4.69. The Labute approximate surface area is 195 Å². The molecule has 2 heterocycles. The van der Waals surface area contributed by atoms with Crippen LogP contribution < -0.4 is 20.3 Å². The number of anilines is 4. The maximum Gasteiger partial charge on any atom is 0.234 e. The molecular formula is C22H25N5O3S2. The Morgan fingerprint density at radius 3 is 2.72 bits per heavy atom. The molecule has 4 rings (SSSR count). The van der Waals surface area contributed by atoms with Gasteiger partial charge in [-0.05, 0) is 43.3 Å². The highest BCUT2D eigenvalue weighted by atomic mass is 32.2. The Morgan fingerprint density at radius 1 is 1.16 bits per heavy atom. The van der Waals surface area contributed by atoms with Crippen LogP contribution in [-0.2, 0) is 9.53 Å². The number of nitrogens with zero attached hydrogens (tertiary/aromatic N) is 3. The van der Waals surface area contributed by atoms with E-state index < -0.39 is 0 Å². The van der Waals surface area contributed by atoms with Gasteiger partial charge in [0, 0.05) is 24.5 Å². The lowest BCUT2D eigenvalue weighted by Gasteiger charge is -2.28. The van der Waals surface area contributed by atoms with Gasteiger partial charge in [-0.15, -0.1) is 10.2 Å². The van der Waals surface area contributed by atoms with Crippen molar-refractivity contribution in [3.8, 4) is 5.75 Å². The molecule has 1 fully saturated rings. The minimum atomic E-state index is -0.0828. The fraction of sp³-hybridized carbons (Fsp3) is 0.318. The number of rotatable bonds is 9. The highest BCUT2D eigenvalue weighted by Crippen LogP contribution is 2.31. The van der Waals surface area contributed by atoms with Gasteiger partial charge in [0.15, 0.2) is 4.34 Å². The third-order valence-corrected chi connectivity index (χ3v) is 6.66. The summed E-state index contributed by atoms with van der Waals surface area (Å²) in [6, 6.07) is 15.6. The van der Waals surface area contributed by atoms with Gasteiger partial charge in [0.25, 0.3) is 0 Å². The van der Waals surface area contributed by atoms with Crippen LogP contribution in [0.1, 0.15) is 6.92 Å². The Kier molecular flexibility index (Phi) is 7.81. The third kappa shape index (κ3) is 6.12. The number of aromatic nitrogens is 2. The number of morpholine rings is 1. The topological polar surface area (TPSA) is 88.6 Å². The number of hydrogen-bond acceptors (Lipinski definition) is 9. The molecule has 2 N–H and O–H groups in total. The minimum Gasteiger partial charge on any atom is -0.492 e. The molecule has 2 aromatic carbocycles. The normalized spacial score (nSPS) is 13.6. The second-order valence-electron chi connectivity index (χ2n) is 6.91. The smallest absolute Gasteiger partial charge is 0.234 e. The Bertz CT molecular complexity index is 1020. The summed E-state index contributed by atoms with van der Waals surface area (Å²) in [7, 11) is 0. The van der Waals surface area contributed by atoms with Crippen LogP contribution in [0.15, 0.2) is 52.9 Å². The van der Waals surface area contributed by atoms with Crippen molar-refractivity contribution in [2.75, 3.05) is 54.2 Å². The summed E-state index contributed by atoms with van der Waals surface area (Å²) in [5.74, 6) is 0.939. The summed E-state index contributed by atoms with van der Waals surface area (Å²) < 4.78 is 11.7. The fourth-order valence-electron chi connectivity index (χ4n) is 3.19. The molecule has 0 radical (unpaired) electrons. The summed E-state index contributed by atoms with van der Waals surface area (Å²) in [6.45, 7) is 5.80. The van der Waals surface area contributed by atoms with Crippen molar-refractivity contribution in [3.05, 3.63) is 48.5 Å². The fourth-order valence-corrected chi connectivity index (χ4v) is 4.75. The van der Waals surface area contributed by atoms with Crippen molar-refractivity contribution >= 4 is 51.2 Å². The van der Waals surface area contributed by atoms with Crippen molar-refractivity contribution in [2.24, 2.45) is 0 Å². The van der Waals surface area contributed by atoms with Crippen LogP contribution in [-0.4, -0.2) is 54.8 Å². The van der Waals surface area contributed by atoms with Crippen LogP contribution >= 0.6 is 23.1 Å². The lowest BCUT2D eigenvalue weighted by atomic mass is 10.2. The van der Waals surface area contributed by atoms with Crippen LogP contribution in [0, 0.1) is 0 Å². The molecule has 0 bridgehead atoms. The number of ether oxygens (including phenoxy) is 2. The second kappa shape index (κ2) is 11.2. The first-order valence-electron chi connectivity index (χ1n) is 10.4. The maximum absolute atomic E-state index is 12.4. The van der Waals surface area contributed by atoms with Gasteiger partial charge in [0.05, 0.1) is 31.3 Å². The van der Waals surface area contributed by atoms with E-state index in [2.05, 4.69) is 25.7 Å². The molecule has 1 amide bonds. The summed E-state index contributed by atoms with van der Waals surface area (Å²) in [6.07, 6.45) is 0. The van der Waals surface area contributed by atoms with E-state index in [4.69, 9.17) is 9.47 Å². The van der Waals surface area contributed by atoms with Crippen molar-refractivity contribution in [3.63, 3.8) is 0 Å². The average Bonchev–Trinajstić information content (AvgIpc) is 3.28. The SMILES string of the molecule is CCOc1ccccc1Nc1nnc(SCC(=O)Nc2ccc(N3CCOCC3)cc2)s1. The molecule has 32 heavy (non-hydrogen) atoms. The molecule has 0 aliphatic carbocycles. The first kappa shape index (κ1) is 22.4. The summed E-state index contributed by atoms with van der Waals surface area (Å²) in [4.78, 5) is 14.6. The van der Waals surface area contributed by atoms with Crippen molar-refractivity contribution in [1.82, 2.24) is 10.2 Å². The van der Waals surface area contributed by atoms with Gasteiger partial charge < -0.3 is 25.0 Å². The van der Waals surface area contributed by atoms with Crippen LogP contribution in [0.4, 0.5) is 22.2 Å². The average molecular weight is 472 g/mol. The predicted octanol–water partition coefficient (Wildman–Crippen LogP) is 4.25. The number of hydrogen-bond donors (Lipinski definition) is 2. The lowest BCUT2D eigenvalue weighted by molar-refractivity contribution is -0.113. The van der Waals surface area contributed by atoms with Crippen molar-refractivity contribution < 1.29 is 14.3 Å². The number of carbonyl (C=O) groups excluding carboxylic acids is 1. The van der Waals surface area contributed by atoms with Gasteiger partial charge in [-0.25, -0.2) is 0 Å². The van der Waals surface area contributed by atoms with Gasteiger partial charge in [-0.2, -0.15) is 0 Å². The number of benzene rings is 2. The molecule has 1 aliphatic rings. The second-order valence-corrected chi connectivity index (χ2v) is 9.11. The molecule has 3 aromatic rings. The van der Waals surface area contributed by atoms with Gasteiger partial charge in [0.1, 0.15) is 5.75 Å². The standard InChI is InChI=1S/C22H25N5O3S2/c1-2-30-19-6-4-3-5-18(19)24-21-25-26-22(32-21)31-15-20(28)23-16-7-9-17(10-8-16)27-11-13-29-14-12-27/h3-10H,2,11-15H2,1H3,(H,23,28)(H,24,25). The van der Waals surface area contributed by atoms with E-state index in [1.54, 1.807) is 0 Å². The number of amides is 1. The summed E-state index contributed by atoms with van der Waals surface area (Å²) >= 11 is 2.76. The number of para-hydroxylation sites is 2. The van der Waals surface area contributed by atoms with Gasteiger partial charge >= 0.3 is 0 Å². The Morgan fingerprint density at radius 2 is 1.94 bits per heavy atom. The molecular weight excluding hydrogens is 446 g/mol. The largest absolute Gasteiger partial charge is 0.492 e. The van der Waals surface area contributed by atoms with E-state index in [-0.39, 0.29) is 11.7 Å². The van der Waals surface area contributed by atoms with Crippen LogP contribution in [0.5, 0.6) is 5.75 Å². The first-order chi connectivity index (χ1) is 15.7. The van der Waals surface area contributed by atoms with E-state index in [0.717, 1.165) is 53.5 Å². The molecule has 0 atom stereocenters. The maximum atomic E-state index is 12.4. The van der Waals surface area contributed by atoms with Crippen LogP contribution in [0.3, 0.4) is 0 Å². The molecule has 0 unspecified atom stereocenters. The number of nitrogens with one attached hydrogen (secondary N) is 2. The summed E-state index contributed by atoms with van der Waals surface area (Å²) in [5, 5.41) is 15.1. The summed E-state index contributed by atoms with van der Waals surface area (Å²) in [5.41, 5.74) is 2.75. The van der Waals surface area contributed by atoms with Crippen LogP contribution in [0.25, 0.3) is 0 Å². The monoisotopic (exact) mass is 471 g/mol. The molecule has 0 spiro atoms. The van der Waals surface area contributed by atoms with E-state index >= 15 is 0 Å². The zero-order valence-electron chi connectivity index (χ0n) is 17.7. The molecule has 10 heteroatoms. The van der Waals surface area contributed by atoms with E-state index in [9.17, 15) is 4.79 Å². The molecule has 8 nitrogen and oxygen atoms in total. The minimum absolute atomic E-state index is 0.0828. The van der Waals surface area contributed by atoms with E-state index in [1.807, 2.05) is 55.5 Å². The molecule has 1 aliphatic heterocycles. The van der Waals surface area contributed by atoms with E-state index in [0.29, 0.717) is 11.7 Å². The van der Waals surface area contributed by atoms with Crippen LogP contribution in [0.2, 0.25) is 0 Å². The molecule has 168 valence electrons. The number of thioether (sulfide) groups is 1. The zero-order valence-corrected chi connectivity index (χ0v) is 19.4. The Balaban J connectivity index is 1.26. The quantitative estimate of drug-likeness (QED) is 0.448. The van der Waals surface area contributed by atoms with E-state index in [1.165, 1.54) is 23.1 Å². The Hall–Kier alpha value is -2.82. The highest BCUT2D eigenvalue weighted by molar-refractivity contribution is 8.01. The lowest BCUT2D eigenvalue weighted by Crippen LogP contribution is -2.36. The molecule has 1 aromatic heterocycles. The van der Waals surface area contributed by atoms with Crippen molar-refractivity contribution in [2.45, 2.75) is 11.3 Å². The van der Waals surface area contributed by atoms with Gasteiger partial charge in [-0.3, -0.25) is 4.79 Å². The molecule has 0 saturated carbocycles. The number of carbonyl (C=O) groups is 1. The van der Waals surface area contributed by atoms with Crippen molar-refractivity contribution in [1.29, 1.82) is 0 Å². The molecule has 1 saturated heterocycles. The highest BCUT2D eigenvalue weighted by Gasteiger charge is 2.13. The first-order valence-corrected chi connectivity index (χ1v) is 12.2. The zero-order chi connectivity index (χ0) is 22.2. The van der Waals surface area contributed by atoms with Gasteiger partial charge in [0.2, 0.25) is 11.0 Å².